The Bertz CT molecular complexity index is 437. The number of hydrogen-bond donors (Lipinski definition) is 2. The highest BCUT2D eigenvalue weighted by molar-refractivity contribution is 5.82. The van der Waals surface area contributed by atoms with Crippen molar-refractivity contribution in [2.24, 2.45) is 0 Å². The Morgan fingerprint density at radius 2 is 1.89 bits per heavy atom. The number of nitrogens with one attached hydrogen (secondary N) is 1. The van der Waals surface area contributed by atoms with Crippen LogP contribution in [0.1, 0.15) is 38.3 Å². The van der Waals surface area contributed by atoms with Crippen LogP contribution in [0.25, 0.3) is 0 Å². The van der Waals surface area contributed by atoms with E-state index < -0.39 is 11.4 Å². The van der Waals surface area contributed by atoms with Gasteiger partial charge in [-0.3, -0.25) is 4.79 Å². The van der Waals surface area contributed by atoms with Crippen LogP contribution in [0.4, 0.5) is 0 Å². The van der Waals surface area contributed by atoms with Crippen LogP contribution in [0.5, 0.6) is 0 Å². The van der Waals surface area contributed by atoms with Gasteiger partial charge in [0.05, 0.1) is 0 Å². The average molecular weight is 247 g/mol. The maximum absolute atomic E-state index is 11.6. The molecule has 1 fully saturated rings. The van der Waals surface area contributed by atoms with Crippen molar-refractivity contribution in [2.75, 3.05) is 13.1 Å². The van der Waals surface area contributed by atoms with Crippen molar-refractivity contribution in [3.05, 3.63) is 35.4 Å². The van der Waals surface area contributed by atoms with Crippen LogP contribution >= 0.6 is 0 Å². The zero-order valence-corrected chi connectivity index (χ0v) is 11.3. The molecule has 1 unspecified atom stereocenters. The third-order valence-electron chi connectivity index (χ3n) is 3.87. The van der Waals surface area contributed by atoms with E-state index in [4.69, 9.17) is 0 Å². The number of hydrogen-bond acceptors (Lipinski definition) is 2. The molecule has 3 heteroatoms. The van der Waals surface area contributed by atoms with Crippen molar-refractivity contribution in [3.63, 3.8) is 0 Å². The Morgan fingerprint density at radius 1 is 1.28 bits per heavy atom. The maximum Gasteiger partial charge on any atom is 0.315 e. The van der Waals surface area contributed by atoms with E-state index >= 15 is 0 Å². The van der Waals surface area contributed by atoms with Gasteiger partial charge in [0.15, 0.2) is 0 Å². The third kappa shape index (κ3) is 2.15. The summed E-state index contributed by atoms with van der Waals surface area (Å²) in [6, 6.07) is 8.06. The lowest BCUT2D eigenvalue weighted by molar-refractivity contribution is -0.143. The predicted molar refractivity (Wildman–Crippen MR) is 71.9 cm³/mol. The van der Waals surface area contributed by atoms with Crippen molar-refractivity contribution in [1.29, 1.82) is 0 Å². The summed E-state index contributed by atoms with van der Waals surface area (Å²) in [5, 5.41) is 12.7. The molecule has 1 aliphatic rings. The second kappa shape index (κ2) is 4.39. The van der Waals surface area contributed by atoms with Crippen LogP contribution in [0.15, 0.2) is 24.3 Å². The zero-order valence-electron chi connectivity index (χ0n) is 11.3. The van der Waals surface area contributed by atoms with Gasteiger partial charge in [-0.05, 0) is 29.5 Å². The first-order valence-corrected chi connectivity index (χ1v) is 6.41. The van der Waals surface area contributed by atoms with Gasteiger partial charge in [-0.15, -0.1) is 0 Å². The quantitative estimate of drug-likeness (QED) is 0.843. The summed E-state index contributed by atoms with van der Waals surface area (Å²) in [5.74, 6) is -0.726. The molecule has 1 atom stereocenters. The fourth-order valence-electron chi connectivity index (χ4n) is 2.53. The molecule has 1 aromatic carbocycles. The molecule has 98 valence electrons. The van der Waals surface area contributed by atoms with Crippen LogP contribution in [0.2, 0.25) is 0 Å². The van der Waals surface area contributed by atoms with Gasteiger partial charge in [-0.2, -0.15) is 0 Å². The first-order chi connectivity index (χ1) is 8.36. The van der Waals surface area contributed by atoms with Gasteiger partial charge < -0.3 is 10.4 Å². The molecule has 0 spiro atoms. The fraction of sp³-hybridized carbons (Fsp3) is 0.533. The second-order valence-electron chi connectivity index (χ2n) is 6.14. The van der Waals surface area contributed by atoms with E-state index in [0.717, 1.165) is 12.1 Å². The predicted octanol–water partition coefficient (Wildman–Crippen LogP) is 2.30. The number of carbonyl (C=O) groups is 1. The van der Waals surface area contributed by atoms with Gasteiger partial charge in [0.1, 0.15) is 5.41 Å². The monoisotopic (exact) mass is 247 g/mol. The minimum atomic E-state index is -0.740. The molecule has 1 aromatic rings. The average Bonchev–Trinajstić information content (AvgIpc) is 2.78. The molecule has 18 heavy (non-hydrogen) atoms. The molecule has 0 saturated carbocycles. The standard InChI is InChI=1S/C15H21NO2/c1-14(2,3)11-4-6-12(7-5-11)15(13(17)18)8-9-16-10-15/h4-7,16H,8-10H2,1-3H3,(H,17,18). The summed E-state index contributed by atoms with van der Waals surface area (Å²) in [6.07, 6.45) is 0.664. The zero-order chi connectivity index (χ0) is 13.4. The van der Waals surface area contributed by atoms with Crippen LogP contribution in [-0.2, 0) is 15.6 Å². The molecule has 0 bridgehead atoms. The third-order valence-corrected chi connectivity index (χ3v) is 3.87. The normalized spacial score (nSPS) is 24.2. The number of carboxylic acid groups (broad SMARTS) is 1. The molecule has 0 aliphatic carbocycles. The molecule has 2 rings (SSSR count). The van der Waals surface area contributed by atoms with Gasteiger partial charge in [0, 0.05) is 6.54 Å². The Hall–Kier alpha value is -1.35. The van der Waals surface area contributed by atoms with Crippen LogP contribution in [0, 0.1) is 0 Å². The first kappa shape index (κ1) is 13.1. The Balaban J connectivity index is 2.36. The van der Waals surface area contributed by atoms with E-state index in [2.05, 4.69) is 38.2 Å². The Kier molecular flexibility index (Phi) is 3.20. The lowest BCUT2D eigenvalue weighted by Gasteiger charge is -2.25. The van der Waals surface area contributed by atoms with Crippen LogP contribution < -0.4 is 5.32 Å². The number of benzene rings is 1. The molecular formula is C15H21NO2. The van der Waals surface area contributed by atoms with Gasteiger partial charge in [-0.25, -0.2) is 0 Å². The summed E-state index contributed by atoms with van der Waals surface area (Å²) in [4.78, 5) is 11.6. The lowest BCUT2D eigenvalue weighted by Crippen LogP contribution is -2.37. The lowest BCUT2D eigenvalue weighted by atomic mass is 9.78. The molecule has 0 amide bonds. The summed E-state index contributed by atoms with van der Waals surface area (Å²) in [5.41, 5.74) is 1.50. The van der Waals surface area contributed by atoms with E-state index in [9.17, 15) is 9.90 Å². The van der Waals surface area contributed by atoms with Crippen molar-refractivity contribution in [3.8, 4) is 0 Å². The number of aliphatic carboxylic acids is 1. The van der Waals surface area contributed by atoms with Gasteiger partial charge in [0.25, 0.3) is 0 Å². The minimum absolute atomic E-state index is 0.100. The molecule has 2 N–H and O–H groups in total. The van der Waals surface area contributed by atoms with E-state index in [-0.39, 0.29) is 5.41 Å². The molecule has 1 heterocycles. The second-order valence-corrected chi connectivity index (χ2v) is 6.14. The Labute approximate surface area is 108 Å². The first-order valence-electron chi connectivity index (χ1n) is 6.41. The largest absolute Gasteiger partial charge is 0.481 e. The number of carboxylic acids is 1. The van der Waals surface area contributed by atoms with Gasteiger partial charge in [0.2, 0.25) is 0 Å². The molecule has 0 radical (unpaired) electrons. The van der Waals surface area contributed by atoms with E-state index in [0.29, 0.717) is 13.0 Å². The van der Waals surface area contributed by atoms with E-state index in [1.807, 2.05) is 12.1 Å². The molecule has 3 nitrogen and oxygen atoms in total. The van der Waals surface area contributed by atoms with Crippen molar-refractivity contribution in [1.82, 2.24) is 5.32 Å². The summed E-state index contributed by atoms with van der Waals surface area (Å²) >= 11 is 0. The van der Waals surface area contributed by atoms with Crippen molar-refractivity contribution in [2.45, 2.75) is 38.0 Å². The molecule has 0 aromatic heterocycles. The van der Waals surface area contributed by atoms with Gasteiger partial charge in [-0.1, -0.05) is 45.0 Å². The van der Waals surface area contributed by atoms with Gasteiger partial charge >= 0.3 is 5.97 Å². The summed E-state index contributed by atoms with van der Waals surface area (Å²) < 4.78 is 0. The maximum atomic E-state index is 11.6. The number of rotatable bonds is 2. The topological polar surface area (TPSA) is 49.3 Å². The van der Waals surface area contributed by atoms with E-state index in [1.165, 1.54) is 5.56 Å². The highest BCUT2D eigenvalue weighted by Crippen LogP contribution is 2.32. The fourth-order valence-corrected chi connectivity index (χ4v) is 2.53. The highest BCUT2D eigenvalue weighted by atomic mass is 16.4. The molecule has 1 saturated heterocycles. The smallest absolute Gasteiger partial charge is 0.315 e. The highest BCUT2D eigenvalue weighted by Gasteiger charge is 2.43. The van der Waals surface area contributed by atoms with E-state index in [1.54, 1.807) is 0 Å². The minimum Gasteiger partial charge on any atom is -0.481 e. The SMILES string of the molecule is CC(C)(C)c1ccc(C2(C(=O)O)CCNC2)cc1. The summed E-state index contributed by atoms with van der Waals surface area (Å²) in [6.45, 7) is 7.77. The van der Waals surface area contributed by atoms with Crippen molar-refractivity contribution < 1.29 is 9.90 Å². The van der Waals surface area contributed by atoms with Crippen LogP contribution in [0.3, 0.4) is 0 Å². The van der Waals surface area contributed by atoms with Crippen molar-refractivity contribution >= 4 is 5.97 Å². The molecule has 1 aliphatic heterocycles. The van der Waals surface area contributed by atoms with Crippen LogP contribution in [-0.4, -0.2) is 24.2 Å². The Morgan fingerprint density at radius 3 is 2.28 bits per heavy atom. The summed E-state index contributed by atoms with van der Waals surface area (Å²) in [7, 11) is 0. The molecular weight excluding hydrogens is 226 g/mol.